The summed E-state index contributed by atoms with van der Waals surface area (Å²) in [4.78, 5) is 20.6. The maximum Gasteiger partial charge on any atom is 0.227 e. The summed E-state index contributed by atoms with van der Waals surface area (Å²) in [6.45, 7) is 0.818. The molecule has 1 N–H and O–H groups in total. The molecule has 0 aliphatic heterocycles. The van der Waals surface area contributed by atoms with Gasteiger partial charge in [-0.05, 0) is 42.0 Å². The minimum atomic E-state index is -0.134. The Kier molecular flexibility index (Phi) is 6.26. The number of anilines is 1. The molecule has 0 unspecified atom stereocenters. The van der Waals surface area contributed by atoms with Crippen LogP contribution in [0.1, 0.15) is 23.6 Å². The number of hydrogen-bond acceptors (Lipinski definition) is 7. The Labute approximate surface area is 172 Å². The molecule has 3 aromatic heterocycles. The quantitative estimate of drug-likeness (QED) is 0.449. The molecular formula is C22H20N4O4. The lowest BCUT2D eigenvalue weighted by atomic mass is 10.2. The molecule has 1 aromatic carbocycles. The van der Waals surface area contributed by atoms with Gasteiger partial charge in [-0.25, -0.2) is 0 Å². The van der Waals surface area contributed by atoms with Crippen molar-refractivity contribution in [3.8, 4) is 11.4 Å². The zero-order valence-corrected chi connectivity index (χ0v) is 16.2. The van der Waals surface area contributed by atoms with Crippen LogP contribution in [0.2, 0.25) is 0 Å². The predicted octanol–water partition coefficient (Wildman–Crippen LogP) is 4.01. The minimum Gasteiger partial charge on any atom is -0.467 e. The van der Waals surface area contributed by atoms with Crippen molar-refractivity contribution < 1.29 is 18.5 Å². The van der Waals surface area contributed by atoms with Crippen molar-refractivity contribution >= 4 is 11.6 Å². The summed E-state index contributed by atoms with van der Waals surface area (Å²) in [5.74, 6) is 1.50. The van der Waals surface area contributed by atoms with Gasteiger partial charge in [0.2, 0.25) is 17.6 Å². The number of carbonyl (C=O) groups excluding carboxylic acids is 1. The number of furan rings is 1. The largest absolute Gasteiger partial charge is 0.467 e. The number of carbonyl (C=O) groups is 1. The number of pyridine rings is 1. The van der Waals surface area contributed by atoms with Gasteiger partial charge in [0, 0.05) is 36.5 Å². The number of amides is 1. The van der Waals surface area contributed by atoms with E-state index in [0.717, 1.165) is 16.9 Å². The van der Waals surface area contributed by atoms with Crippen LogP contribution in [0.5, 0.6) is 0 Å². The molecule has 152 valence electrons. The molecule has 30 heavy (non-hydrogen) atoms. The van der Waals surface area contributed by atoms with Crippen LogP contribution >= 0.6 is 0 Å². The van der Waals surface area contributed by atoms with Gasteiger partial charge in [-0.3, -0.25) is 9.78 Å². The van der Waals surface area contributed by atoms with Crippen LogP contribution < -0.4 is 5.32 Å². The first-order chi connectivity index (χ1) is 14.8. The molecule has 0 saturated heterocycles. The van der Waals surface area contributed by atoms with Crippen LogP contribution in [0.3, 0.4) is 0 Å². The Morgan fingerprint density at radius 3 is 2.90 bits per heavy atom. The summed E-state index contributed by atoms with van der Waals surface area (Å²) >= 11 is 0. The molecule has 8 heteroatoms. The lowest BCUT2D eigenvalue weighted by Gasteiger charge is -2.07. The maximum atomic E-state index is 12.3. The number of nitrogens with zero attached hydrogens (tertiary/aromatic N) is 3. The summed E-state index contributed by atoms with van der Waals surface area (Å²) in [6.07, 6.45) is 5.53. The monoisotopic (exact) mass is 404 g/mol. The van der Waals surface area contributed by atoms with Crippen LogP contribution in [0, 0.1) is 0 Å². The number of hydrogen-bond donors (Lipinski definition) is 1. The normalized spacial score (nSPS) is 10.8. The maximum absolute atomic E-state index is 12.3. The second-order valence-corrected chi connectivity index (χ2v) is 6.57. The number of nitrogens with one attached hydrogen (secondary N) is 1. The second-order valence-electron chi connectivity index (χ2n) is 6.57. The van der Waals surface area contributed by atoms with Crippen molar-refractivity contribution in [2.24, 2.45) is 0 Å². The van der Waals surface area contributed by atoms with E-state index in [9.17, 15) is 4.79 Å². The summed E-state index contributed by atoms with van der Waals surface area (Å²) in [5, 5.41) is 6.81. The number of rotatable bonds is 9. The highest BCUT2D eigenvalue weighted by molar-refractivity contribution is 5.90. The van der Waals surface area contributed by atoms with E-state index in [-0.39, 0.29) is 12.3 Å². The molecule has 0 radical (unpaired) electrons. The van der Waals surface area contributed by atoms with Gasteiger partial charge in [0.25, 0.3) is 0 Å². The van der Waals surface area contributed by atoms with Crippen LogP contribution in [0.15, 0.2) is 76.1 Å². The smallest absolute Gasteiger partial charge is 0.227 e. The Morgan fingerprint density at radius 2 is 2.07 bits per heavy atom. The van der Waals surface area contributed by atoms with Gasteiger partial charge in [-0.1, -0.05) is 17.3 Å². The summed E-state index contributed by atoms with van der Waals surface area (Å²) in [7, 11) is 0. The van der Waals surface area contributed by atoms with Crippen molar-refractivity contribution in [3.05, 3.63) is 84.4 Å². The summed E-state index contributed by atoms with van der Waals surface area (Å²) < 4.78 is 16.1. The Morgan fingerprint density at radius 1 is 1.10 bits per heavy atom. The molecule has 0 aliphatic carbocycles. The van der Waals surface area contributed by atoms with Crippen molar-refractivity contribution in [3.63, 3.8) is 0 Å². The first-order valence-electron chi connectivity index (χ1n) is 9.48. The molecule has 0 bridgehead atoms. The Balaban J connectivity index is 1.25. The lowest BCUT2D eigenvalue weighted by Crippen LogP contribution is -2.12. The zero-order valence-electron chi connectivity index (χ0n) is 16.2. The van der Waals surface area contributed by atoms with Crippen molar-refractivity contribution in [1.29, 1.82) is 0 Å². The molecule has 1 amide bonds. The van der Waals surface area contributed by atoms with Crippen LogP contribution in [0.4, 0.5) is 5.69 Å². The molecule has 3 heterocycles. The van der Waals surface area contributed by atoms with Gasteiger partial charge in [0.1, 0.15) is 12.4 Å². The molecule has 0 saturated carbocycles. The van der Waals surface area contributed by atoms with Crippen LogP contribution in [-0.4, -0.2) is 21.0 Å². The first-order valence-corrected chi connectivity index (χ1v) is 9.48. The average Bonchev–Trinajstić information content (AvgIpc) is 3.46. The van der Waals surface area contributed by atoms with E-state index in [1.807, 2.05) is 42.5 Å². The van der Waals surface area contributed by atoms with E-state index in [1.54, 1.807) is 24.7 Å². The second kappa shape index (κ2) is 9.62. The zero-order chi connectivity index (χ0) is 20.6. The lowest BCUT2D eigenvalue weighted by molar-refractivity contribution is -0.116. The van der Waals surface area contributed by atoms with Crippen molar-refractivity contribution in [1.82, 2.24) is 15.1 Å². The minimum absolute atomic E-state index is 0.134. The molecule has 4 rings (SSSR count). The summed E-state index contributed by atoms with van der Waals surface area (Å²) in [6, 6.07) is 14.9. The van der Waals surface area contributed by atoms with Crippen molar-refractivity contribution in [2.45, 2.75) is 26.1 Å². The highest BCUT2D eigenvalue weighted by atomic mass is 16.5. The fourth-order valence-corrected chi connectivity index (χ4v) is 2.82. The predicted molar refractivity (Wildman–Crippen MR) is 108 cm³/mol. The van der Waals surface area contributed by atoms with E-state index in [2.05, 4.69) is 20.4 Å². The third-order valence-corrected chi connectivity index (χ3v) is 4.26. The molecule has 0 spiro atoms. The van der Waals surface area contributed by atoms with E-state index < -0.39 is 0 Å². The van der Waals surface area contributed by atoms with Gasteiger partial charge in [-0.15, -0.1) is 0 Å². The number of aromatic nitrogens is 3. The highest BCUT2D eigenvalue weighted by Gasteiger charge is 2.11. The number of aryl methyl sites for hydroxylation is 1. The molecule has 0 aliphatic rings. The fraction of sp³-hybridized carbons (Fsp3) is 0.182. The van der Waals surface area contributed by atoms with E-state index in [1.165, 1.54) is 0 Å². The molecular weight excluding hydrogens is 384 g/mol. The van der Waals surface area contributed by atoms with Crippen LogP contribution in [-0.2, 0) is 29.2 Å². The van der Waals surface area contributed by atoms with E-state index >= 15 is 0 Å². The first kappa shape index (κ1) is 19.5. The standard InChI is InChI=1S/C22H20N4O4/c27-20(8-9-21-25-22(26-30-21)17-5-2-10-23-13-17)24-18-6-1-4-16(12-18)14-28-15-19-7-3-11-29-19/h1-7,10-13H,8-9,14-15H2,(H,24,27). The molecule has 8 nitrogen and oxygen atoms in total. The third kappa shape index (κ3) is 5.39. The van der Waals surface area contributed by atoms with E-state index in [4.69, 9.17) is 13.7 Å². The van der Waals surface area contributed by atoms with Crippen LogP contribution in [0.25, 0.3) is 11.4 Å². The van der Waals surface area contributed by atoms with Gasteiger partial charge >= 0.3 is 0 Å². The topological polar surface area (TPSA) is 103 Å². The SMILES string of the molecule is O=C(CCc1nc(-c2cccnc2)no1)Nc1cccc(COCc2ccco2)c1. The van der Waals surface area contributed by atoms with Gasteiger partial charge in [0.15, 0.2) is 0 Å². The van der Waals surface area contributed by atoms with Gasteiger partial charge in [0.05, 0.1) is 12.9 Å². The average molecular weight is 404 g/mol. The van der Waals surface area contributed by atoms with Gasteiger partial charge in [-0.2, -0.15) is 4.98 Å². The highest BCUT2D eigenvalue weighted by Crippen LogP contribution is 2.16. The Hall–Kier alpha value is -3.78. The number of benzene rings is 1. The van der Waals surface area contributed by atoms with Gasteiger partial charge < -0.3 is 19.0 Å². The van der Waals surface area contributed by atoms with Crippen molar-refractivity contribution in [2.75, 3.05) is 5.32 Å². The van der Waals surface area contributed by atoms with E-state index in [0.29, 0.717) is 37.0 Å². The molecule has 0 fully saturated rings. The molecule has 0 atom stereocenters. The number of ether oxygens (including phenoxy) is 1. The third-order valence-electron chi connectivity index (χ3n) is 4.26. The summed E-state index contributed by atoms with van der Waals surface area (Å²) in [5.41, 5.74) is 2.43. The Bertz CT molecular complexity index is 1080. The fourth-order valence-electron chi connectivity index (χ4n) is 2.82. The molecule has 4 aromatic rings.